The quantitative estimate of drug-likeness (QED) is 0.441. The zero-order valence-corrected chi connectivity index (χ0v) is 19.7. The number of halogens is 1. The number of nitrogens with one attached hydrogen (secondary N) is 2. The topological polar surface area (TPSA) is 120 Å². The number of hydrogen-bond acceptors (Lipinski definition) is 7. The maximum Gasteiger partial charge on any atom is 0.263 e. The number of nitrogens with zero attached hydrogens (tertiary/aromatic N) is 2. The summed E-state index contributed by atoms with van der Waals surface area (Å²) in [6.45, 7) is 1.86. The van der Waals surface area contributed by atoms with Gasteiger partial charge in [0.1, 0.15) is 17.9 Å². The van der Waals surface area contributed by atoms with Gasteiger partial charge in [0.25, 0.3) is 15.9 Å². The van der Waals surface area contributed by atoms with Gasteiger partial charge in [-0.1, -0.05) is 13.0 Å². The van der Waals surface area contributed by atoms with Crippen molar-refractivity contribution < 1.29 is 22.7 Å². The minimum atomic E-state index is -3.88. The van der Waals surface area contributed by atoms with E-state index in [-0.39, 0.29) is 29.1 Å². The summed E-state index contributed by atoms with van der Waals surface area (Å²) in [5.41, 5.74) is 1.58. The monoisotopic (exact) mass is 520 g/mol. The molecule has 0 saturated heterocycles. The molecular formula is C21H21BrN4O5S. The molecule has 0 aliphatic carbocycles. The molecule has 1 aromatic heterocycles. The lowest BCUT2D eigenvalue weighted by molar-refractivity contribution is -0.118. The number of aromatic nitrogens is 2. The number of rotatable bonds is 9. The lowest BCUT2D eigenvalue weighted by atomic mass is 10.2. The van der Waals surface area contributed by atoms with Gasteiger partial charge in [-0.15, -0.1) is 0 Å². The Balaban J connectivity index is 1.59. The van der Waals surface area contributed by atoms with Gasteiger partial charge in [-0.3, -0.25) is 9.52 Å². The normalized spacial score (nSPS) is 11.0. The van der Waals surface area contributed by atoms with E-state index in [1.165, 1.54) is 43.8 Å². The number of sulfonamides is 1. The van der Waals surface area contributed by atoms with Gasteiger partial charge >= 0.3 is 0 Å². The molecule has 0 unspecified atom stereocenters. The summed E-state index contributed by atoms with van der Waals surface area (Å²) in [7, 11) is -2.46. The number of benzene rings is 2. The summed E-state index contributed by atoms with van der Waals surface area (Å²) in [6, 6.07) is 12.8. The number of hydrogen-bond donors (Lipinski definition) is 2. The van der Waals surface area contributed by atoms with Gasteiger partial charge in [-0.25, -0.2) is 18.4 Å². The van der Waals surface area contributed by atoms with Crippen LogP contribution in [0.25, 0.3) is 0 Å². The van der Waals surface area contributed by atoms with Crippen LogP contribution < -0.4 is 19.5 Å². The molecule has 0 aliphatic rings. The molecule has 0 bridgehead atoms. The Bertz CT molecular complexity index is 1200. The van der Waals surface area contributed by atoms with E-state index in [0.29, 0.717) is 11.4 Å². The van der Waals surface area contributed by atoms with Gasteiger partial charge in [0.15, 0.2) is 6.61 Å². The van der Waals surface area contributed by atoms with Gasteiger partial charge in [-0.05, 0) is 64.3 Å². The van der Waals surface area contributed by atoms with Crippen LogP contribution in [0.2, 0.25) is 0 Å². The van der Waals surface area contributed by atoms with Crippen molar-refractivity contribution in [3.05, 3.63) is 64.9 Å². The second-order valence-electron chi connectivity index (χ2n) is 6.53. The summed E-state index contributed by atoms with van der Waals surface area (Å²) >= 11 is 3.43. The lowest BCUT2D eigenvalue weighted by Crippen LogP contribution is -2.20. The van der Waals surface area contributed by atoms with E-state index in [9.17, 15) is 13.2 Å². The van der Waals surface area contributed by atoms with Gasteiger partial charge in [-0.2, -0.15) is 0 Å². The zero-order valence-electron chi connectivity index (χ0n) is 17.3. The molecule has 168 valence electrons. The van der Waals surface area contributed by atoms with E-state index < -0.39 is 10.0 Å². The van der Waals surface area contributed by atoms with Crippen LogP contribution >= 0.6 is 15.9 Å². The first-order valence-corrected chi connectivity index (χ1v) is 11.8. The molecule has 0 saturated carbocycles. The second-order valence-corrected chi connectivity index (χ2v) is 9.07. The number of methoxy groups -OCH3 is 1. The first-order valence-electron chi connectivity index (χ1n) is 9.50. The maximum atomic E-state index is 12.5. The van der Waals surface area contributed by atoms with E-state index in [0.717, 1.165) is 16.5 Å². The average Bonchev–Trinajstić information content (AvgIpc) is 2.78. The largest absolute Gasteiger partial charge is 0.483 e. The number of aryl methyl sites for hydroxylation is 1. The summed E-state index contributed by atoms with van der Waals surface area (Å²) in [6.07, 6.45) is 2.09. The molecule has 32 heavy (non-hydrogen) atoms. The standard InChI is InChI=1S/C21H21BrN4O5S/c1-3-14-4-9-18(17(22)10-14)31-12-20(27)25-15-5-7-16(8-6-15)32(28,29)26-19-11-21(30-2)24-13-23-19/h4-11,13H,3,12H2,1-2H3,(H,25,27)(H,23,24,26). The lowest BCUT2D eigenvalue weighted by Gasteiger charge is -2.11. The van der Waals surface area contributed by atoms with Crippen LogP contribution in [0, 0.1) is 0 Å². The molecule has 0 spiro atoms. The minimum Gasteiger partial charge on any atom is -0.483 e. The number of ether oxygens (including phenoxy) is 2. The molecule has 2 aromatic carbocycles. The molecule has 1 amide bonds. The van der Waals surface area contributed by atoms with Gasteiger partial charge in [0.05, 0.1) is 16.5 Å². The van der Waals surface area contributed by atoms with E-state index in [1.54, 1.807) is 6.07 Å². The maximum absolute atomic E-state index is 12.5. The highest BCUT2D eigenvalue weighted by molar-refractivity contribution is 9.10. The summed E-state index contributed by atoms with van der Waals surface area (Å²) < 4.78 is 38.7. The Hall–Kier alpha value is -3.18. The Morgan fingerprint density at radius 2 is 1.84 bits per heavy atom. The second kappa shape index (κ2) is 10.4. The fraction of sp³-hybridized carbons (Fsp3) is 0.190. The molecule has 11 heteroatoms. The van der Waals surface area contributed by atoms with Crippen LogP contribution in [-0.4, -0.2) is 38.0 Å². The van der Waals surface area contributed by atoms with Crippen LogP contribution in [0.3, 0.4) is 0 Å². The molecule has 3 rings (SSSR count). The smallest absolute Gasteiger partial charge is 0.263 e. The number of anilines is 2. The Morgan fingerprint density at radius 3 is 2.50 bits per heavy atom. The average molecular weight is 521 g/mol. The molecule has 2 N–H and O–H groups in total. The fourth-order valence-electron chi connectivity index (χ4n) is 2.64. The summed E-state index contributed by atoms with van der Waals surface area (Å²) in [5.74, 6) is 0.486. The van der Waals surface area contributed by atoms with Crippen LogP contribution in [0.4, 0.5) is 11.5 Å². The van der Waals surface area contributed by atoms with Crippen molar-refractivity contribution in [3.8, 4) is 11.6 Å². The highest BCUT2D eigenvalue weighted by Gasteiger charge is 2.16. The third-order valence-electron chi connectivity index (χ3n) is 4.30. The van der Waals surface area contributed by atoms with Crippen LogP contribution in [0.1, 0.15) is 12.5 Å². The first kappa shape index (κ1) is 23.5. The predicted molar refractivity (Wildman–Crippen MR) is 123 cm³/mol. The summed E-state index contributed by atoms with van der Waals surface area (Å²) in [4.78, 5) is 19.9. The molecule has 1 heterocycles. The Kier molecular flexibility index (Phi) is 7.65. The molecule has 9 nitrogen and oxygen atoms in total. The van der Waals surface area contributed by atoms with Crippen molar-refractivity contribution in [2.75, 3.05) is 23.8 Å². The van der Waals surface area contributed by atoms with Crippen molar-refractivity contribution in [2.45, 2.75) is 18.2 Å². The van der Waals surface area contributed by atoms with Crippen molar-refractivity contribution >= 4 is 43.4 Å². The molecule has 0 fully saturated rings. The molecule has 0 atom stereocenters. The third kappa shape index (κ3) is 6.17. The van der Waals surface area contributed by atoms with Crippen LogP contribution in [-0.2, 0) is 21.2 Å². The van der Waals surface area contributed by atoms with Crippen molar-refractivity contribution in [2.24, 2.45) is 0 Å². The fourth-order valence-corrected chi connectivity index (χ4v) is 4.18. The van der Waals surface area contributed by atoms with Gasteiger partial charge in [0.2, 0.25) is 5.88 Å². The van der Waals surface area contributed by atoms with E-state index in [4.69, 9.17) is 9.47 Å². The summed E-state index contributed by atoms with van der Waals surface area (Å²) in [5, 5.41) is 2.67. The van der Waals surface area contributed by atoms with E-state index in [1.807, 2.05) is 12.1 Å². The number of amides is 1. The van der Waals surface area contributed by atoms with E-state index in [2.05, 4.69) is 42.9 Å². The number of carbonyl (C=O) groups is 1. The highest BCUT2D eigenvalue weighted by atomic mass is 79.9. The third-order valence-corrected chi connectivity index (χ3v) is 6.29. The van der Waals surface area contributed by atoms with Crippen molar-refractivity contribution in [1.29, 1.82) is 0 Å². The predicted octanol–water partition coefficient (Wildman–Crippen LogP) is 3.63. The number of carbonyl (C=O) groups excluding carboxylic acids is 1. The van der Waals surface area contributed by atoms with Gasteiger partial charge < -0.3 is 14.8 Å². The Morgan fingerprint density at radius 1 is 1.09 bits per heavy atom. The zero-order chi connectivity index (χ0) is 23.1. The minimum absolute atomic E-state index is 0.00396. The van der Waals surface area contributed by atoms with Crippen molar-refractivity contribution in [3.63, 3.8) is 0 Å². The highest BCUT2D eigenvalue weighted by Crippen LogP contribution is 2.26. The molecular weight excluding hydrogens is 500 g/mol. The van der Waals surface area contributed by atoms with Crippen LogP contribution in [0.5, 0.6) is 11.6 Å². The SMILES string of the molecule is CCc1ccc(OCC(=O)Nc2ccc(S(=O)(=O)Nc3cc(OC)ncn3)cc2)c(Br)c1. The molecule has 3 aromatic rings. The molecule has 0 aliphatic heterocycles. The Labute approximate surface area is 194 Å². The molecule has 0 radical (unpaired) electrons. The van der Waals surface area contributed by atoms with Gasteiger partial charge in [0, 0.05) is 11.8 Å². The van der Waals surface area contributed by atoms with E-state index >= 15 is 0 Å². The van der Waals surface area contributed by atoms with Crippen LogP contribution in [0.15, 0.2) is 64.2 Å². The van der Waals surface area contributed by atoms with Crippen molar-refractivity contribution in [1.82, 2.24) is 9.97 Å². The first-order chi connectivity index (χ1) is 15.3.